The van der Waals surface area contributed by atoms with Crippen LogP contribution >= 0.6 is 44.5 Å². The summed E-state index contributed by atoms with van der Waals surface area (Å²) in [5, 5.41) is 0. The number of benzene rings is 2. The van der Waals surface area contributed by atoms with Crippen molar-refractivity contribution in [2.24, 2.45) is 0 Å². The van der Waals surface area contributed by atoms with E-state index in [1.165, 1.54) is 0 Å². The van der Waals surface area contributed by atoms with Crippen molar-refractivity contribution in [3.05, 3.63) is 63.5 Å². The Morgan fingerprint density at radius 2 is 1.27 bits per heavy atom. The van der Waals surface area contributed by atoms with E-state index in [4.69, 9.17) is 0 Å². The summed E-state index contributed by atoms with van der Waals surface area (Å²) in [5.41, 5.74) is 0. The third-order valence-electron chi connectivity index (χ3n) is 1.54. The number of rotatable bonds is 0. The lowest BCUT2D eigenvalue weighted by Gasteiger charge is -1.87. The zero-order valence-electron chi connectivity index (χ0n) is 7.90. The molecule has 0 heterocycles. The molecule has 0 aromatic heterocycles. The average molecular weight is 346 g/mol. The second-order valence-electron chi connectivity index (χ2n) is 2.78. The van der Waals surface area contributed by atoms with Crippen molar-refractivity contribution in [3.8, 4) is 0 Å². The summed E-state index contributed by atoms with van der Waals surface area (Å²) in [6, 6.07) is 17.8. The van der Waals surface area contributed by atoms with Crippen LogP contribution in [0.5, 0.6) is 0 Å². The number of hydrogen-bond donors (Lipinski definition) is 1. The Kier molecular flexibility index (Phi) is 6.06. The van der Waals surface area contributed by atoms with Crippen molar-refractivity contribution in [1.29, 1.82) is 0 Å². The standard InChI is InChI=1S/C6H4Br2.C6H6S/c7-5-2-1-3-6(8)4-5;7-6-4-2-1-3-5-6/h1-4H;1-5,7H. The van der Waals surface area contributed by atoms with Crippen molar-refractivity contribution in [2.45, 2.75) is 4.90 Å². The molecular weight excluding hydrogens is 336 g/mol. The van der Waals surface area contributed by atoms with E-state index in [1.807, 2.05) is 54.6 Å². The maximum Gasteiger partial charge on any atom is 0.0186 e. The van der Waals surface area contributed by atoms with Crippen LogP contribution in [0.15, 0.2) is 68.4 Å². The van der Waals surface area contributed by atoms with Crippen LogP contribution in [0.4, 0.5) is 0 Å². The van der Waals surface area contributed by atoms with Crippen LogP contribution in [0.25, 0.3) is 0 Å². The highest BCUT2D eigenvalue weighted by molar-refractivity contribution is 9.11. The van der Waals surface area contributed by atoms with Gasteiger partial charge in [0, 0.05) is 13.8 Å². The van der Waals surface area contributed by atoms with E-state index in [-0.39, 0.29) is 0 Å². The van der Waals surface area contributed by atoms with Gasteiger partial charge in [0.15, 0.2) is 0 Å². The van der Waals surface area contributed by atoms with Gasteiger partial charge < -0.3 is 0 Å². The molecule has 0 unspecified atom stereocenters. The number of halogens is 2. The van der Waals surface area contributed by atoms with Gasteiger partial charge in [0.2, 0.25) is 0 Å². The third kappa shape index (κ3) is 6.03. The van der Waals surface area contributed by atoms with Crippen molar-refractivity contribution >= 4 is 44.5 Å². The molecule has 0 bridgehead atoms. The Balaban J connectivity index is 0.000000151. The molecule has 15 heavy (non-hydrogen) atoms. The molecule has 0 aliphatic carbocycles. The van der Waals surface area contributed by atoms with Gasteiger partial charge in [0.1, 0.15) is 0 Å². The summed E-state index contributed by atoms with van der Waals surface area (Å²) in [5.74, 6) is 0. The molecule has 78 valence electrons. The lowest BCUT2D eigenvalue weighted by molar-refractivity contribution is 1.48. The second-order valence-corrected chi connectivity index (χ2v) is 5.12. The Bertz CT molecular complexity index is 384. The molecule has 0 saturated heterocycles. The van der Waals surface area contributed by atoms with Crippen LogP contribution in [0.1, 0.15) is 0 Å². The van der Waals surface area contributed by atoms with Gasteiger partial charge >= 0.3 is 0 Å². The average Bonchev–Trinajstić information content (AvgIpc) is 2.19. The summed E-state index contributed by atoms with van der Waals surface area (Å²) in [6.45, 7) is 0. The summed E-state index contributed by atoms with van der Waals surface area (Å²) >= 11 is 10.7. The molecule has 0 fully saturated rings. The van der Waals surface area contributed by atoms with Crippen molar-refractivity contribution in [1.82, 2.24) is 0 Å². The largest absolute Gasteiger partial charge is 0.143 e. The molecule has 0 amide bonds. The highest BCUT2D eigenvalue weighted by Crippen LogP contribution is 2.15. The Labute approximate surface area is 112 Å². The van der Waals surface area contributed by atoms with Crippen LogP contribution < -0.4 is 0 Å². The third-order valence-corrected chi connectivity index (χ3v) is 2.83. The Morgan fingerprint density at radius 3 is 1.53 bits per heavy atom. The van der Waals surface area contributed by atoms with E-state index in [2.05, 4.69) is 44.5 Å². The van der Waals surface area contributed by atoms with E-state index in [0.717, 1.165) is 13.8 Å². The van der Waals surface area contributed by atoms with Crippen LogP contribution in [0.3, 0.4) is 0 Å². The highest BCUT2D eigenvalue weighted by Gasteiger charge is 1.84. The quantitative estimate of drug-likeness (QED) is 0.624. The first-order chi connectivity index (χ1) is 7.18. The first kappa shape index (κ1) is 12.8. The topological polar surface area (TPSA) is 0 Å². The minimum absolute atomic E-state index is 1.02. The summed E-state index contributed by atoms with van der Waals surface area (Å²) in [4.78, 5) is 1.02. The smallest absolute Gasteiger partial charge is 0.0186 e. The maximum absolute atomic E-state index is 4.08. The zero-order valence-corrected chi connectivity index (χ0v) is 12.0. The molecule has 0 N–H and O–H groups in total. The van der Waals surface area contributed by atoms with Gasteiger partial charge in [-0.2, -0.15) is 0 Å². The van der Waals surface area contributed by atoms with E-state index in [0.29, 0.717) is 0 Å². The zero-order chi connectivity index (χ0) is 11.1. The predicted octanol–water partition coefficient (Wildman–Crippen LogP) is 5.19. The van der Waals surface area contributed by atoms with Crippen molar-refractivity contribution in [3.63, 3.8) is 0 Å². The van der Waals surface area contributed by atoms with Crippen LogP contribution in [0.2, 0.25) is 0 Å². The van der Waals surface area contributed by atoms with Gasteiger partial charge in [-0.25, -0.2) is 0 Å². The molecule has 0 nitrogen and oxygen atoms in total. The van der Waals surface area contributed by atoms with E-state index in [1.54, 1.807) is 0 Å². The SMILES string of the molecule is Brc1cccc(Br)c1.Sc1ccccc1. The molecule has 2 aromatic carbocycles. The highest BCUT2D eigenvalue weighted by atomic mass is 79.9. The molecular formula is C12H10Br2S. The van der Waals surface area contributed by atoms with E-state index >= 15 is 0 Å². The number of hydrogen-bond acceptors (Lipinski definition) is 1. The molecule has 0 radical (unpaired) electrons. The van der Waals surface area contributed by atoms with E-state index in [9.17, 15) is 0 Å². The summed E-state index contributed by atoms with van der Waals surface area (Å²) in [7, 11) is 0. The van der Waals surface area contributed by atoms with Crippen molar-refractivity contribution < 1.29 is 0 Å². The lowest BCUT2D eigenvalue weighted by Crippen LogP contribution is -1.61. The summed E-state index contributed by atoms with van der Waals surface area (Å²) in [6.07, 6.45) is 0. The van der Waals surface area contributed by atoms with Crippen LogP contribution in [0, 0.1) is 0 Å². The fourth-order valence-electron chi connectivity index (χ4n) is 0.888. The predicted molar refractivity (Wildman–Crippen MR) is 75.5 cm³/mol. The first-order valence-corrected chi connectivity index (χ1v) is 6.37. The van der Waals surface area contributed by atoms with Gasteiger partial charge in [-0.05, 0) is 30.3 Å². The Morgan fingerprint density at radius 1 is 0.733 bits per heavy atom. The van der Waals surface area contributed by atoms with Crippen molar-refractivity contribution in [2.75, 3.05) is 0 Å². The maximum atomic E-state index is 4.08. The molecule has 3 heteroatoms. The fraction of sp³-hybridized carbons (Fsp3) is 0. The normalized spacial score (nSPS) is 9.00. The molecule has 2 aromatic rings. The molecule has 0 aliphatic rings. The second kappa shape index (κ2) is 7.09. The molecule has 0 aliphatic heterocycles. The van der Waals surface area contributed by atoms with Gasteiger partial charge in [-0.15, -0.1) is 12.6 Å². The van der Waals surface area contributed by atoms with Gasteiger partial charge in [-0.1, -0.05) is 56.1 Å². The molecule has 0 atom stereocenters. The lowest BCUT2D eigenvalue weighted by atomic mass is 10.4. The molecule has 0 spiro atoms. The minimum atomic E-state index is 1.02. The van der Waals surface area contributed by atoms with Gasteiger partial charge in [0.25, 0.3) is 0 Å². The monoisotopic (exact) mass is 344 g/mol. The fourth-order valence-corrected chi connectivity index (χ4v) is 2.17. The van der Waals surface area contributed by atoms with Crippen LogP contribution in [-0.2, 0) is 0 Å². The first-order valence-electron chi connectivity index (χ1n) is 4.33. The molecule has 0 saturated carbocycles. The van der Waals surface area contributed by atoms with Gasteiger partial charge in [-0.3, -0.25) is 0 Å². The number of thiol groups is 1. The Hall–Kier alpha value is -0.250. The minimum Gasteiger partial charge on any atom is -0.143 e. The molecule has 2 rings (SSSR count). The van der Waals surface area contributed by atoms with Crippen LogP contribution in [-0.4, -0.2) is 0 Å². The van der Waals surface area contributed by atoms with Gasteiger partial charge in [0.05, 0.1) is 0 Å². The summed E-state index contributed by atoms with van der Waals surface area (Å²) < 4.78 is 2.21. The van der Waals surface area contributed by atoms with E-state index < -0.39 is 0 Å².